The van der Waals surface area contributed by atoms with Gasteiger partial charge in [0.2, 0.25) is 5.91 Å². The van der Waals surface area contributed by atoms with E-state index in [2.05, 4.69) is 17.6 Å². The molecule has 1 unspecified atom stereocenters. The molecule has 1 fully saturated rings. The minimum absolute atomic E-state index is 0.211. The minimum atomic E-state index is -0.408. The van der Waals surface area contributed by atoms with Crippen LogP contribution in [0.2, 0.25) is 0 Å². The third-order valence-electron chi connectivity index (χ3n) is 3.23. The first kappa shape index (κ1) is 14.3. The summed E-state index contributed by atoms with van der Waals surface area (Å²) in [6, 6.07) is 6.18. The van der Waals surface area contributed by atoms with Crippen molar-refractivity contribution in [1.29, 1.82) is 0 Å². The average molecular weight is 282 g/mol. The predicted octanol–water partition coefficient (Wildman–Crippen LogP) is 2.64. The highest BCUT2D eigenvalue weighted by atomic mass is 32.2. The molecule has 19 heavy (non-hydrogen) atoms. The van der Waals surface area contributed by atoms with Crippen LogP contribution in [0.3, 0.4) is 0 Å². The van der Waals surface area contributed by atoms with Crippen molar-refractivity contribution in [2.24, 2.45) is 0 Å². The van der Waals surface area contributed by atoms with Crippen LogP contribution in [0.15, 0.2) is 24.3 Å². The van der Waals surface area contributed by atoms with Gasteiger partial charge in [0.25, 0.3) is 0 Å². The molecule has 1 aromatic carbocycles. The third-order valence-corrected chi connectivity index (χ3v) is 4.77. The van der Waals surface area contributed by atoms with Gasteiger partial charge in [-0.05, 0) is 37.7 Å². The Bertz CT molecular complexity index is 447. The van der Waals surface area contributed by atoms with Crippen LogP contribution in [0, 0.1) is 5.82 Å². The summed E-state index contributed by atoms with van der Waals surface area (Å²) in [5.41, 5.74) is 0.232. The smallest absolute Gasteiger partial charge is 0.238 e. The first-order chi connectivity index (χ1) is 9.09. The molecule has 1 atom stereocenters. The SMILES string of the molecule is CC1(CNCC(=O)Nc2ccccc2F)CCCS1. The van der Waals surface area contributed by atoms with Gasteiger partial charge in [-0.25, -0.2) is 4.39 Å². The molecule has 1 aromatic rings. The Morgan fingerprint density at radius 2 is 2.26 bits per heavy atom. The second kappa shape index (κ2) is 6.39. The summed E-state index contributed by atoms with van der Waals surface area (Å²) in [5, 5.41) is 5.72. The van der Waals surface area contributed by atoms with Crippen molar-refractivity contribution in [2.45, 2.75) is 24.5 Å². The zero-order valence-electron chi connectivity index (χ0n) is 11.0. The number of amides is 1. The molecular formula is C14H19FN2OS. The predicted molar refractivity (Wildman–Crippen MR) is 78.0 cm³/mol. The van der Waals surface area contributed by atoms with Crippen LogP contribution in [0.4, 0.5) is 10.1 Å². The molecule has 1 heterocycles. The van der Waals surface area contributed by atoms with Crippen molar-refractivity contribution in [1.82, 2.24) is 5.32 Å². The lowest BCUT2D eigenvalue weighted by atomic mass is 10.1. The highest BCUT2D eigenvalue weighted by Crippen LogP contribution is 2.36. The van der Waals surface area contributed by atoms with Crippen LogP contribution in [0.1, 0.15) is 19.8 Å². The summed E-state index contributed by atoms with van der Waals surface area (Å²) < 4.78 is 13.6. The maximum absolute atomic E-state index is 13.3. The topological polar surface area (TPSA) is 41.1 Å². The van der Waals surface area contributed by atoms with E-state index in [1.807, 2.05) is 11.8 Å². The Kier molecular flexibility index (Phi) is 4.82. The van der Waals surface area contributed by atoms with Gasteiger partial charge >= 0.3 is 0 Å². The Morgan fingerprint density at radius 1 is 1.47 bits per heavy atom. The quantitative estimate of drug-likeness (QED) is 0.872. The molecule has 0 aromatic heterocycles. The molecule has 2 N–H and O–H groups in total. The zero-order chi connectivity index (χ0) is 13.7. The number of carbonyl (C=O) groups excluding carboxylic acids is 1. The second-order valence-electron chi connectivity index (χ2n) is 5.03. The normalized spacial score (nSPS) is 22.4. The van der Waals surface area contributed by atoms with E-state index in [9.17, 15) is 9.18 Å². The lowest BCUT2D eigenvalue weighted by Crippen LogP contribution is -2.37. The molecule has 0 bridgehead atoms. The van der Waals surface area contributed by atoms with E-state index in [1.165, 1.54) is 24.7 Å². The van der Waals surface area contributed by atoms with E-state index < -0.39 is 5.82 Å². The number of hydrogen-bond donors (Lipinski definition) is 2. The van der Waals surface area contributed by atoms with Gasteiger partial charge in [-0.15, -0.1) is 0 Å². The van der Waals surface area contributed by atoms with Gasteiger partial charge in [0, 0.05) is 11.3 Å². The maximum Gasteiger partial charge on any atom is 0.238 e. The summed E-state index contributed by atoms with van der Waals surface area (Å²) in [5.74, 6) is 0.574. The van der Waals surface area contributed by atoms with Gasteiger partial charge in [0.15, 0.2) is 0 Å². The van der Waals surface area contributed by atoms with Crippen LogP contribution in [-0.4, -0.2) is 29.5 Å². The fraction of sp³-hybridized carbons (Fsp3) is 0.500. The van der Waals surface area contributed by atoms with Crippen LogP contribution < -0.4 is 10.6 Å². The average Bonchev–Trinajstić information content (AvgIpc) is 2.79. The standard InChI is InChI=1S/C14H19FN2OS/c1-14(7-4-8-19-14)10-16-9-13(18)17-12-6-3-2-5-11(12)15/h2-3,5-6,16H,4,7-10H2,1H3,(H,17,18). The van der Waals surface area contributed by atoms with Gasteiger partial charge in [-0.2, -0.15) is 11.8 Å². The number of anilines is 1. The number of halogens is 1. The van der Waals surface area contributed by atoms with Gasteiger partial charge in [0.1, 0.15) is 5.82 Å². The van der Waals surface area contributed by atoms with Crippen molar-refractivity contribution >= 4 is 23.4 Å². The van der Waals surface area contributed by atoms with Crippen LogP contribution in [-0.2, 0) is 4.79 Å². The molecule has 5 heteroatoms. The molecule has 3 nitrogen and oxygen atoms in total. The zero-order valence-corrected chi connectivity index (χ0v) is 11.9. The van der Waals surface area contributed by atoms with E-state index in [0.717, 1.165) is 6.54 Å². The first-order valence-electron chi connectivity index (χ1n) is 6.48. The van der Waals surface area contributed by atoms with Gasteiger partial charge < -0.3 is 10.6 Å². The van der Waals surface area contributed by atoms with E-state index in [1.54, 1.807) is 18.2 Å². The molecular weight excluding hydrogens is 263 g/mol. The number of carbonyl (C=O) groups is 1. The van der Waals surface area contributed by atoms with Crippen LogP contribution >= 0.6 is 11.8 Å². The van der Waals surface area contributed by atoms with Crippen molar-refractivity contribution in [2.75, 3.05) is 24.2 Å². The number of nitrogens with one attached hydrogen (secondary N) is 2. The Labute approximate surface area is 117 Å². The summed E-state index contributed by atoms with van der Waals surface area (Å²) in [7, 11) is 0. The van der Waals surface area contributed by atoms with Gasteiger partial charge in [0.05, 0.1) is 12.2 Å². The fourth-order valence-corrected chi connectivity index (χ4v) is 3.45. The molecule has 1 aliphatic rings. The van der Waals surface area contributed by atoms with Crippen molar-refractivity contribution in [3.05, 3.63) is 30.1 Å². The number of rotatable bonds is 5. The monoisotopic (exact) mass is 282 g/mol. The number of benzene rings is 1. The van der Waals surface area contributed by atoms with Crippen LogP contribution in [0.5, 0.6) is 0 Å². The van der Waals surface area contributed by atoms with E-state index >= 15 is 0 Å². The lowest BCUT2D eigenvalue weighted by molar-refractivity contribution is -0.115. The highest BCUT2D eigenvalue weighted by molar-refractivity contribution is 8.00. The summed E-state index contributed by atoms with van der Waals surface area (Å²) in [6.07, 6.45) is 2.42. The molecule has 1 saturated heterocycles. The Morgan fingerprint density at radius 3 is 2.95 bits per heavy atom. The second-order valence-corrected chi connectivity index (χ2v) is 6.72. The van der Waals surface area contributed by atoms with Crippen molar-refractivity contribution in [3.8, 4) is 0 Å². The van der Waals surface area contributed by atoms with Crippen molar-refractivity contribution in [3.63, 3.8) is 0 Å². The van der Waals surface area contributed by atoms with E-state index in [-0.39, 0.29) is 22.9 Å². The molecule has 104 valence electrons. The summed E-state index contributed by atoms with van der Waals surface area (Å²) in [6.45, 7) is 3.24. The van der Waals surface area contributed by atoms with E-state index in [0.29, 0.717) is 0 Å². The first-order valence-corrected chi connectivity index (χ1v) is 7.47. The van der Waals surface area contributed by atoms with E-state index in [4.69, 9.17) is 0 Å². The highest BCUT2D eigenvalue weighted by Gasteiger charge is 2.28. The summed E-state index contributed by atoms with van der Waals surface area (Å²) in [4.78, 5) is 11.7. The van der Waals surface area contributed by atoms with Crippen molar-refractivity contribution < 1.29 is 9.18 Å². The molecule has 1 aliphatic heterocycles. The lowest BCUT2D eigenvalue weighted by Gasteiger charge is -2.22. The largest absolute Gasteiger partial charge is 0.322 e. The molecule has 1 amide bonds. The van der Waals surface area contributed by atoms with Gasteiger partial charge in [-0.1, -0.05) is 12.1 Å². The number of para-hydroxylation sites is 1. The fourth-order valence-electron chi connectivity index (χ4n) is 2.17. The maximum atomic E-state index is 13.3. The molecule has 0 spiro atoms. The number of hydrogen-bond acceptors (Lipinski definition) is 3. The minimum Gasteiger partial charge on any atom is -0.322 e. The summed E-state index contributed by atoms with van der Waals surface area (Å²) >= 11 is 1.95. The van der Waals surface area contributed by atoms with Gasteiger partial charge in [-0.3, -0.25) is 4.79 Å². The van der Waals surface area contributed by atoms with Crippen LogP contribution in [0.25, 0.3) is 0 Å². The Hall–Kier alpha value is -1.07. The molecule has 0 aliphatic carbocycles. The molecule has 0 saturated carbocycles. The molecule has 2 rings (SSSR count). The molecule has 0 radical (unpaired) electrons. The third kappa shape index (κ3) is 4.21. The number of thioether (sulfide) groups is 1. The Balaban J connectivity index is 1.74.